The number of ether oxygens (including phenoxy) is 3. The van der Waals surface area contributed by atoms with Crippen LogP contribution in [0.4, 0.5) is 4.79 Å². The number of carbonyl (C=O) groups is 1. The van der Waals surface area contributed by atoms with Gasteiger partial charge in [0.05, 0.1) is 12.1 Å². The van der Waals surface area contributed by atoms with Gasteiger partial charge in [-0.25, -0.2) is 4.79 Å². The number of nitrogens with one attached hydrogen (secondary N) is 1. The number of nitrogens with zero attached hydrogens (tertiary/aromatic N) is 1. The Morgan fingerprint density at radius 3 is 2.96 bits per heavy atom. The van der Waals surface area contributed by atoms with Crippen molar-refractivity contribution in [3.8, 4) is 11.5 Å². The molecule has 2 amide bonds. The van der Waals surface area contributed by atoms with Crippen LogP contribution in [0.25, 0.3) is 0 Å². The van der Waals surface area contributed by atoms with E-state index in [4.69, 9.17) is 14.2 Å². The SMILES string of the molecule is CCN(Cc1ccc2c(c1)OCO2)C(=O)N[C@H](C)[C@H]1CCCO1. The standard InChI is InChI=1S/C17H24N2O4/c1-3-19(17(20)18-12(2)14-5-4-8-21-14)10-13-6-7-15-16(9-13)23-11-22-15/h6-7,9,12,14H,3-5,8,10-11H2,1-2H3,(H,18,20)/t12-,14-/m1/s1. The van der Waals surface area contributed by atoms with Crippen LogP contribution >= 0.6 is 0 Å². The van der Waals surface area contributed by atoms with Gasteiger partial charge in [-0.1, -0.05) is 6.07 Å². The van der Waals surface area contributed by atoms with Gasteiger partial charge in [0.25, 0.3) is 0 Å². The first kappa shape index (κ1) is 15.9. The molecule has 1 aromatic rings. The Morgan fingerprint density at radius 1 is 1.39 bits per heavy atom. The first-order chi connectivity index (χ1) is 11.2. The molecule has 1 saturated heterocycles. The van der Waals surface area contributed by atoms with Crippen LogP contribution in [0, 0.1) is 0 Å². The van der Waals surface area contributed by atoms with Gasteiger partial charge in [-0.05, 0) is 44.4 Å². The van der Waals surface area contributed by atoms with Gasteiger partial charge < -0.3 is 24.4 Å². The quantitative estimate of drug-likeness (QED) is 0.905. The van der Waals surface area contributed by atoms with E-state index >= 15 is 0 Å². The summed E-state index contributed by atoms with van der Waals surface area (Å²) in [5.74, 6) is 1.50. The molecular formula is C17H24N2O4. The minimum absolute atomic E-state index is 0.0239. The van der Waals surface area contributed by atoms with Gasteiger partial charge in [0.2, 0.25) is 6.79 Å². The van der Waals surface area contributed by atoms with Crippen molar-refractivity contribution in [1.29, 1.82) is 0 Å². The number of rotatable bonds is 5. The van der Waals surface area contributed by atoms with Gasteiger partial charge in [0.15, 0.2) is 11.5 Å². The Kier molecular flexibility index (Phi) is 4.91. The Bertz CT molecular complexity index is 558. The second-order valence-electron chi connectivity index (χ2n) is 5.99. The van der Waals surface area contributed by atoms with Crippen LogP contribution in [0.15, 0.2) is 18.2 Å². The molecule has 6 heteroatoms. The average molecular weight is 320 g/mol. The number of hydrogen-bond acceptors (Lipinski definition) is 4. The zero-order valence-corrected chi connectivity index (χ0v) is 13.7. The van der Waals surface area contributed by atoms with Crippen molar-refractivity contribution in [3.63, 3.8) is 0 Å². The highest BCUT2D eigenvalue weighted by Crippen LogP contribution is 2.32. The second-order valence-corrected chi connectivity index (χ2v) is 5.99. The van der Waals surface area contributed by atoms with Crippen LogP contribution in [-0.2, 0) is 11.3 Å². The van der Waals surface area contributed by atoms with Gasteiger partial charge in [0, 0.05) is 19.7 Å². The molecule has 3 rings (SSSR count). The topological polar surface area (TPSA) is 60.0 Å². The molecule has 2 aliphatic rings. The molecule has 0 aliphatic carbocycles. The van der Waals surface area contributed by atoms with Crippen molar-refractivity contribution < 1.29 is 19.0 Å². The molecule has 0 aromatic heterocycles. The average Bonchev–Trinajstić information content (AvgIpc) is 3.22. The van der Waals surface area contributed by atoms with E-state index in [-0.39, 0.29) is 25.0 Å². The van der Waals surface area contributed by atoms with Crippen molar-refractivity contribution >= 4 is 6.03 Å². The van der Waals surface area contributed by atoms with Crippen molar-refractivity contribution in [2.24, 2.45) is 0 Å². The first-order valence-electron chi connectivity index (χ1n) is 8.23. The molecule has 0 spiro atoms. The highest BCUT2D eigenvalue weighted by Gasteiger charge is 2.25. The summed E-state index contributed by atoms with van der Waals surface area (Å²) in [4.78, 5) is 14.3. The third-order valence-electron chi connectivity index (χ3n) is 4.35. The van der Waals surface area contributed by atoms with Gasteiger partial charge in [-0.15, -0.1) is 0 Å². The summed E-state index contributed by atoms with van der Waals surface area (Å²) < 4.78 is 16.3. The van der Waals surface area contributed by atoms with E-state index in [2.05, 4.69) is 5.32 Å². The van der Waals surface area contributed by atoms with Gasteiger partial charge in [0.1, 0.15) is 0 Å². The van der Waals surface area contributed by atoms with Crippen molar-refractivity contribution in [2.45, 2.75) is 45.4 Å². The fourth-order valence-electron chi connectivity index (χ4n) is 2.96. The molecule has 2 heterocycles. The smallest absolute Gasteiger partial charge is 0.317 e. The molecule has 1 N–H and O–H groups in total. The number of carbonyl (C=O) groups excluding carboxylic acids is 1. The van der Waals surface area contributed by atoms with Crippen LogP contribution in [0.5, 0.6) is 11.5 Å². The highest BCUT2D eigenvalue weighted by molar-refractivity contribution is 5.74. The number of fused-ring (bicyclic) bond motifs is 1. The summed E-state index contributed by atoms with van der Waals surface area (Å²) in [6, 6.07) is 5.75. The Hall–Kier alpha value is -1.95. The van der Waals surface area contributed by atoms with Gasteiger partial charge >= 0.3 is 6.03 Å². The number of benzene rings is 1. The molecule has 126 valence electrons. The van der Waals surface area contributed by atoms with Crippen LogP contribution in [0.3, 0.4) is 0 Å². The fourth-order valence-corrected chi connectivity index (χ4v) is 2.96. The Morgan fingerprint density at radius 2 is 2.22 bits per heavy atom. The van der Waals surface area contributed by atoms with E-state index < -0.39 is 0 Å². The summed E-state index contributed by atoms with van der Waals surface area (Å²) >= 11 is 0. The zero-order valence-electron chi connectivity index (χ0n) is 13.7. The lowest BCUT2D eigenvalue weighted by Gasteiger charge is -2.26. The maximum Gasteiger partial charge on any atom is 0.317 e. The first-order valence-corrected chi connectivity index (χ1v) is 8.23. The fraction of sp³-hybridized carbons (Fsp3) is 0.588. The Balaban J connectivity index is 1.59. The van der Waals surface area contributed by atoms with Gasteiger partial charge in [-0.2, -0.15) is 0 Å². The van der Waals surface area contributed by atoms with E-state index in [0.717, 1.165) is 36.5 Å². The monoisotopic (exact) mass is 320 g/mol. The van der Waals surface area contributed by atoms with Crippen molar-refractivity contribution in [2.75, 3.05) is 19.9 Å². The van der Waals surface area contributed by atoms with E-state index in [0.29, 0.717) is 13.1 Å². The molecule has 2 atom stereocenters. The summed E-state index contributed by atoms with van der Waals surface area (Å²) in [5.41, 5.74) is 1.02. The molecule has 1 aromatic carbocycles. The van der Waals surface area contributed by atoms with Crippen LogP contribution in [-0.4, -0.2) is 43.0 Å². The van der Waals surface area contributed by atoms with Crippen molar-refractivity contribution in [3.05, 3.63) is 23.8 Å². The maximum atomic E-state index is 12.5. The number of amides is 2. The lowest BCUT2D eigenvalue weighted by atomic mass is 10.1. The van der Waals surface area contributed by atoms with Crippen LogP contribution in [0.2, 0.25) is 0 Å². The molecule has 0 unspecified atom stereocenters. The van der Waals surface area contributed by atoms with E-state index in [1.165, 1.54) is 0 Å². The molecule has 0 radical (unpaired) electrons. The summed E-state index contributed by atoms with van der Waals surface area (Å²) in [6.45, 7) is 6.20. The molecular weight excluding hydrogens is 296 g/mol. The number of hydrogen-bond donors (Lipinski definition) is 1. The zero-order chi connectivity index (χ0) is 16.2. The van der Waals surface area contributed by atoms with E-state index in [9.17, 15) is 4.79 Å². The second kappa shape index (κ2) is 7.08. The third kappa shape index (κ3) is 3.69. The van der Waals surface area contributed by atoms with E-state index in [1.54, 1.807) is 4.90 Å². The third-order valence-corrected chi connectivity index (χ3v) is 4.35. The summed E-state index contributed by atoms with van der Waals surface area (Å²) in [7, 11) is 0. The van der Waals surface area contributed by atoms with E-state index in [1.807, 2.05) is 32.0 Å². The molecule has 0 bridgehead atoms. The predicted octanol–water partition coefficient (Wildman–Crippen LogP) is 2.51. The highest BCUT2D eigenvalue weighted by atomic mass is 16.7. The molecule has 2 aliphatic heterocycles. The summed E-state index contributed by atoms with van der Waals surface area (Å²) in [5, 5.41) is 3.05. The molecule has 23 heavy (non-hydrogen) atoms. The number of urea groups is 1. The lowest BCUT2D eigenvalue weighted by molar-refractivity contribution is 0.0832. The van der Waals surface area contributed by atoms with Crippen LogP contribution in [0.1, 0.15) is 32.3 Å². The minimum Gasteiger partial charge on any atom is -0.454 e. The minimum atomic E-state index is -0.0619. The largest absolute Gasteiger partial charge is 0.454 e. The molecule has 6 nitrogen and oxygen atoms in total. The normalized spacial score (nSPS) is 20.3. The lowest BCUT2D eigenvalue weighted by Crippen LogP contribution is -2.47. The molecule has 1 fully saturated rings. The predicted molar refractivity (Wildman–Crippen MR) is 85.6 cm³/mol. The van der Waals surface area contributed by atoms with Gasteiger partial charge in [-0.3, -0.25) is 0 Å². The van der Waals surface area contributed by atoms with Crippen molar-refractivity contribution in [1.82, 2.24) is 10.2 Å². The molecule has 0 saturated carbocycles. The Labute approximate surface area is 136 Å². The summed E-state index contributed by atoms with van der Waals surface area (Å²) in [6.07, 6.45) is 2.21. The van der Waals surface area contributed by atoms with Crippen LogP contribution < -0.4 is 14.8 Å². The maximum absolute atomic E-state index is 12.5.